The number of nitrogens with one attached hydrogen (secondary N) is 1. The number of thiazole rings is 1. The number of nitrogens with zero attached hydrogens (tertiary/aromatic N) is 4. The summed E-state index contributed by atoms with van der Waals surface area (Å²) in [4.78, 5) is 16.3. The van der Waals surface area contributed by atoms with Crippen molar-refractivity contribution in [3.63, 3.8) is 0 Å². The molecule has 23 heavy (non-hydrogen) atoms. The van der Waals surface area contributed by atoms with Crippen LogP contribution in [0.4, 0.5) is 5.13 Å². The minimum atomic E-state index is -0.429. The largest absolute Gasteiger partial charge is 0.479 e. The van der Waals surface area contributed by atoms with Crippen LogP contribution in [0.2, 0.25) is 5.02 Å². The van der Waals surface area contributed by atoms with Gasteiger partial charge in [-0.2, -0.15) is 0 Å². The average molecular weight is 350 g/mol. The Bertz CT molecular complexity index is 818. The quantitative estimate of drug-likeness (QED) is 0.765. The minimum absolute atomic E-state index is 0.0924. The van der Waals surface area contributed by atoms with E-state index < -0.39 is 5.91 Å². The van der Waals surface area contributed by atoms with Crippen LogP contribution in [0.1, 0.15) is 16.1 Å². The fraction of sp³-hybridized carbons (Fsp3) is 0.143. The van der Waals surface area contributed by atoms with Crippen molar-refractivity contribution in [3.05, 3.63) is 52.1 Å². The van der Waals surface area contributed by atoms with Crippen LogP contribution in [-0.2, 0) is 6.54 Å². The number of hydrogen-bond donors (Lipinski definition) is 1. The van der Waals surface area contributed by atoms with Crippen LogP contribution in [0.25, 0.3) is 0 Å². The molecule has 7 nitrogen and oxygen atoms in total. The van der Waals surface area contributed by atoms with Crippen LogP contribution in [0.5, 0.6) is 5.88 Å². The van der Waals surface area contributed by atoms with E-state index in [9.17, 15) is 4.79 Å². The highest BCUT2D eigenvalue weighted by molar-refractivity contribution is 7.13. The normalized spacial score (nSPS) is 10.5. The number of methoxy groups -OCH3 is 1. The summed E-state index contributed by atoms with van der Waals surface area (Å²) in [6.07, 6.45) is 1.60. The number of aromatic nitrogens is 4. The smallest absolute Gasteiger partial charge is 0.283 e. The first-order chi connectivity index (χ1) is 11.2. The molecule has 0 atom stereocenters. The summed E-state index contributed by atoms with van der Waals surface area (Å²) in [6, 6.07) is 7.38. The molecule has 3 aromatic rings. The van der Waals surface area contributed by atoms with Gasteiger partial charge in [0.2, 0.25) is 11.6 Å². The Morgan fingerprint density at radius 2 is 2.26 bits per heavy atom. The highest BCUT2D eigenvalue weighted by Gasteiger charge is 2.22. The zero-order chi connectivity index (χ0) is 16.2. The molecule has 3 rings (SSSR count). The average Bonchev–Trinajstić information content (AvgIpc) is 3.18. The molecule has 0 aliphatic carbocycles. The number of hydrogen-bond acceptors (Lipinski definition) is 6. The molecule has 0 saturated heterocycles. The van der Waals surface area contributed by atoms with Gasteiger partial charge in [0.25, 0.3) is 5.91 Å². The van der Waals surface area contributed by atoms with E-state index in [0.717, 1.165) is 5.56 Å². The number of anilines is 1. The first-order valence-electron chi connectivity index (χ1n) is 6.60. The zero-order valence-corrected chi connectivity index (χ0v) is 13.6. The van der Waals surface area contributed by atoms with Gasteiger partial charge in [0, 0.05) is 16.6 Å². The second-order valence-corrected chi connectivity index (χ2v) is 5.79. The maximum Gasteiger partial charge on any atom is 0.283 e. The topological polar surface area (TPSA) is 81.9 Å². The van der Waals surface area contributed by atoms with Crippen LogP contribution in [0, 0.1) is 0 Å². The first kappa shape index (κ1) is 15.4. The Kier molecular flexibility index (Phi) is 4.54. The maximum atomic E-state index is 12.3. The van der Waals surface area contributed by atoms with E-state index in [4.69, 9.17) is 16.3 Å². The lowest BCUT2D eigenvalue weighted by molar-refractivity contribution is 0.101. The zero-order valence-electron chi connectivity index (χ0n) is 12.1. The second-order valence-electron chi connectivity index (χ2n) is 4.49. The van der Waals surface area contributed by atoms with E-state index in [1.54, 1.807) is 17.6 Å². The molecule has 0 saturated carbocycles. The SMILES string of the molecule is COc1c(C(=O)Nc2nccs2)nnn1Cc1ccccc1Cl. The van der Waals surface area contributed by atoms with Gasteiger partial charge in [-0.15, -0.1) is 16.4 Å². The van der Waals surface area contributed by atoms with E-state index in [1.165, 1.54) is 23.1 Å². The van der Waals surface area contributed by atoms with E-state index in [-0.39, 0.29) is 11.6 Å². The van der Waals surface area contributed by atoms with Crippen molar-refractivity contribution in [1.82, 2.24) is 20.0 Å². The molecule has 1 aromatic carbocycles. The van der Waals surface area contributed by atoms with E-state index in [0.29, 0.717) is 16.7 Å². The fourth-order valence-corrected chi connectivity index (χ4v) is 2.70. The highest BCUT2D eigenvalue weighted by atomic mass is 35.5. The fourth-order valence-electron chi connectivity index (χ4n) is 1.98. The van der Waals surface area contributed by atoms with Gasteiger partial charge >= 0.3 is 0 Å². The van der Waals surface area contributed by atoms with E-state index in [2.05, 4.69) is 20.6 Å². The molecule has 0 fully saturated rings. The predicted octanol–water partition coefficient (Wildman–Crippen LogP) is 2.70. The summed E-state index contributed by atoms with van der Waals surface area (Å²) < 4.78 is 6.77. The highest BCUT2D eigenvalue weighted by Crippen LogP contribution is 2.22. The maximum absolute atomic E-state index is 12.3. The third kappa shape index (κ3) is 3.33. The van der Waals surface area contributed by atoms with Crippen molar-refractivity contribution in [2.45, 2.75) is 6.54 Å². The number of rotatable bonds is 5. The molecule has 0 spiro atoms. The van der Waals surface area contributed by atoms with Crippen LogP contribution >= 0.6 is 22.9 Å². The monoisotopic (exact) mass is 349 g/mol. The summed E-state index contributed by atoms with van der Waals surface area (Å²) >= 11 is 7.46. The Labute approximate surface area is 140 Å². The molecular formula is C14H12ClN5O2S. The molecular weight excluding hydrogens is 338 g/mol. The molecule has 0 aliphatic heterocycles. The van der Waals surface area contributed by atoms with Gasteiger partial charge in [-0.05, 0) is 11.6 Å². The number of carbonyl (C=O) groups excluding carboxylic acids is 1. The molecule has 0 unspecified atom stereocenters. The Morgan fingerprint density at radius 1 is 1.43 bits per heavy atom. The standard InChI is InChI=1S/C14H12ClN5O2S/c1-22-13-11(12(21)17-14-16-6-7-23-14)18-19-20(13)8-9-4-2-3-5-10(9)15/h2-7H,8H2,1H3,(H,16,17,21). The van der Waals surface area contributed by atoms with Crippen LogP contribution in [0.3, 0.4) is 0 Å². The summed E-state index contributed by atoms with van der Waals surface area (Å²) in [6.45, 7) is 0.348. The molecule has 2 heterocycles. The van der Waals surface area contributed by atoms with Gasteiger partial charge in [0.1, 0.15) is 0 Å². The molecule has 0 bridgehead atoms. The van der Waals surface area contributed by atoms with Crippen molar-refractivity contribution in [1.29, 1.82) is 0 Å². The number of halogens is 1. The van der Waals surface area contributed by atoms with Crippen LogP contribution in [0.15, 0.2) is 35.8 Å². The third-order valence-corrected chi connectivity index (χ3v) is 4.09. The van der Waals surface area contributed by atoms with Crippen molar-refractivity contribution in [2.24, 2.45) is 0 Å². The first-order valence-corrected chi connectivity index (χ1v) is 7.86. The summed E-state index contributed by atoms with van der Waals surface area (Å²) in [5.41, 5.74) is 0.944. The van der Waals surface area contributed by atoms with Gasteiger partial charge in [0.05, 0.1) is 13.7 Å². The lowest BCUT2D eigenvalue weighted by atomic mass is 10.2. The summed E-state index contributed by atoms with van der Waals surface area (Å²) in [5.74, 6) is -0.166. The minimum Gasteiger partial charge on any atom is -0.479 e. The lowest BCUT2D eigenvalue weighted by Gasteiger charge is -2.07. The van der Waals surface area contributed by atoms with Crippen LogP contribution < -0.4 is 10.1 Å². The molecule has 1 N–H and O–H groups in total. The molecule has 1 amide bonds. The predicted molar refractivity (Wildman–Crippen MR) is 87.2 cm³/mol. The van der Waals surface area contributed by atoms with Crippen molar-refractivity contribution in [3.8, 4) is 5.88 Å². The number of amides is 1. The van der Waals surface area contributed by atoms with Gasteiger partial charge in [0.15, 0.2) is 5.13 Å². The third-order valence-electron chi connectivity index (χ3n) is 3.03. The van der Waals surface area contributed by atoms with Gasteiger partial charge in [-0.3, -0.25) is 10.1 Å². The molecule has 0 radical (unpaired) electrons. The number of carbonyl (C=O) groups is 1. The van der Waals surface area contributed by atoms with Gasteiger partial charge < -0.3 is 4.74 Å². The van der Waals surface area contributed by atoms with Crippen LogP contribution in [-0.4, -0.2) is 33.0 Å². The second kappa shape index (κ2) is 6.76. The molecule has 118 valence electrons. The van der Waals surface area contributed by atoms with Crippen molar-refractivity contribution >= 4 is 34.0 Å². The van der Waals surface area contributed by atoms with Gasteiger partial charge in [-0.1, -0.05) is 35.0 Å². The van der Waals surface area contributed by atoms with Crippen molar-refractivity contribution < 1.29 is 9.53 Å². The number of ether oxygens (including phenoxy) is 1. The Balaban J connectivity index is 1.85. The Hall–Kier alpha value is -2.45. The summed E-state index contributed by atoms with van der Waals surface area (Å²) in [5, 5.41) is 13.4. The van der Waals surface area contributed by atoms with Crippen molar-refractivity contribution in [2.75, 3.05) is 12.4 Å². The molecule has 9 heteroatoms. The lowest BCUT2D eigenvalue weighted by Crippen LogP contribution is -2.14. The van der Waals surface area contributed by atoms with E-state index in [1.807, 2.05) is 18.2 Å². The van der Waals surface area contributed by atoms with E-state index >= 15 is 0 Å². The van der Waals surface area contributed by atoms with Gasteiger partial charge in [-0.25, -0.2) is 9.67 Å². The molecule has 2 aromatic heterocycles. The number of benzene rings is 1. The summed E-state index contributed by atoms with van der Waals surface area (Å²) in [7, 11) is 1.46. The molecule has 0 aliphatic rings. The Morgan fingerprint density at radius 3 is 2.96 bits per heavy atom.